The fourth-order valence-electron chi connectivity index (χ4n) is 3.74. The van der Waals surface area contributed by atoms with Gasteiger partial charge in [-0.2, -0.15) is 10.1 Å². The molecule has 5 rings (SSSR count). The van der Waals surface area contributed by atoms with Crippen LogP contribution in [0, 0.1) is 0 Å². The summed E-state index contributed by atoms with van der Waals surface area (Å²) >= 11 is 0. The molecule has 112 valence electrons. The summed E-state index contributed by atoms with van der Waals surface area (Å²) in [6, 6.07) is 19.3. The predicted molar refractivity (Wildman–Crippen MR) is 89.9 cm³/mol. The minimum Gasteiger partial charge on any atom is -0.324 e. The van der Waals surface area contributed by atoms with Gasteiger partial charge in [0.25, 0.3) is 0 Å². The Kier molecular flexibility index (Phi) is 2.65. The molecule has 1 N–H and O–H groups in total. The molecular weight excluding hydrogens is 284 g/mol. The summed E-state index contributed by atoms with van der Waals surface area (Å²) in [6.45, 7) is 0. The molecule has 0 spiro atoms. The third-order valence-electron chi connectivity index (χ3n) is 4.77. The van der Waals surface area contributed by atoms with Crippen LogP contribution in [-0.4, -0.2) is 14.8 Å². The molecule has 0 bridgehead atoms. The van der Waals surface area contributed by atoms with Gasteiger partial charge in [0.15, 0.2) is 0 Å². The van der Waals surface area contributed by atoms with Crippen molar-refractivity contribution >= 4 is 11.6 Å². The summed E-state index contributed by atoms with van der Waals surface area (Å²) in [7, 11) is 0. The molecule has 0 saturated carbocycles. The highest BCUT2D eigenvalue weighted by atomic mass is 15.4. The lowest BCUT2D eigenvalue weighted by molar-refractivity contribution is 0.562. The molecule has 1 atom stereocenters. The number of anilines is 1. The van der Waals surface area contributed by atoms with Gasteiger partial charge < -0.3 is 5.32 Å². The van der Waals surface area contributed by atoms with E-state index in [-0.39, 0.29) is 6.04 Å². The molecule has 1 aliphatic heterocycles. The molecule has 0 fully saturated rings. The van der Waals surface area contributed by atoms with E-state index in [0.717, 1.165) is 18.8 Å². The number of aryl methyl sites for hydroxylation is 1. The van der Waals surface area contributed by atoms with Crippen LogP contribution in [0.2, 0.25) is 0 Å². The highest BCUT2D eigenvalue weighted by Crippen LogP contribution is 2.43. The molecule has 4 nitrogen and oxygen atoms in total. The van der Waals surface area contributed by atoms with Crippen molar-refractivity contribution in [3.63, 3.8) is 0 Å². The molecule has 0 unspecified atom stereocenters. The average Bonchev–Trinajstić information content (AvgIpc) is 3.08. The largest absolute Gasteiger partial charge is 0.324 e. The zero-order valence-electron chi connectivity index (χ0n) is 12.6. The van der Waals surface area contributed by atoms with Crippen LogP contribution in [-0.2, 0) is 6.42 Å². The van der Waals surface area contributed by atoms with Crippen molar-refractivity contribution in [2.24, 2.45) is 0 Å². The smallest absolute Gasteiger partial charge is 0.226 e. The van der Waals surface area contributed by atoms with Crippen molar-refractivity contribution in [2.75, 3.05) is 5.32 Å². The first-order valence-corrected chi connectivity index (χ1v) is 7.94. The molecule has 1 aliphatic carbocycles. The quantitative estimate of drug-likeness (QED) is 0.746. The number of rotatable bonds is 1. The minimum atomic E-state index is 0.123. The number of hydrogen-bond acceptors (Lipinski definition) is 3. The Bertz CT molecular complexity index is 908. The van der Waals surface area contributed by atoms with Gasteiger partial charge in [0.1, 0.15) is 12.4 Å². The Labute approximate surface area is 134 Å². The van der Waals surface area contributed by atoms with Crippen LogP contribution in [0.15, 0.2) is 66.5 Å². The van der Waals surface area contributed by atoms with Gasteiger partial charge in [-0.25, -0.2) is 4.68 Å². The van der Waals surface area contributed by atoms with Gasteiger partial charge in [-0.15, -0.1) is 0 Å². The molecule has 4 heteroatoms. The maximum absolute atomic E-state index is 4.47. The molecule has 2 heterocycles. The van der Waals surface area contributed by atoms with Crippen molar-refractivity contribution in [1.82, 2.24) is 14.8 Å². The molecular formula is C19H16N4. The second kappa shape index (κ2) is 4.81. The lowest BCUT2D eigenvalue weighted by Crippen LogP contribution is -2.27. The second-order valence-corrected chi connectivity index (χ2v) is 6.02. The van der Waals surface area contributed by atoms with E-state index in [0.29, 0.717) is 0 Å². The van der Waals surface area contributed by atoms with Crippen molar-refractivity contribution in [3.8, 4) is 0 Å². The minimum absolute atomic E-state index is 0.123. The van der Waals surface area contributed by atoms with E-state index < -0.39 is 0 Å². The average molecular weight is 300 g/mol. The molecule has 2 aliphatic rings. The van der Waals surface area contributed by atoms with Gasteiger partial charge in [-0.1, -0.05) is 54.6 Å². The summed E-state index contributed by atoms with van der Waals surface area (Å²) in [5.41, 5.74) is 6.56. The Hall–Kier alpha value is -2.88. The zero-order chi connectivity index (χ0) is 15.2. The topological polar surface area (TPSA) is 42.7 Å². The van der Waals surface area contributed by atoms with Crippen LogP contribution in [0.4, 0.5) is 5.95 Å². The Morgan fingerprint density at radius 2 is 1.78 bits per heavy atom. The summed E-state index contributed by atoms with van der Waals surface area (Å²) < 4.78 is 2.00. The Morgan fingerprint density at radius 1 is 0.957 bits per heavy atom. The summed E-state index contributed by atoms with van der Waals surface area (Å²) in [5.74, 6) is 0.814. The third-order valence-corrected chi connectivity index (χ3v) is 4.77. The monoisotopic (exact) mass is 300 g/mol. The predicted octanol–water partition coefficient (Wildman–Crippen LogP) is 3.65. The lowest BCUT2D eigenvalue weighted by Gasteiger charge is -2.34. The number of fused-ring (bicyclic) bond motifs is 3. The van der Waals surface area contributed by atoms with Gasteiger partial charge in [0, 0.05) is 5.56 Å². The second-order valence-electron chi connectivity index (χ2n) is 6.02. The van der Waals surface area contributed by atoms with Crippen molar-refractivity contribution in [2.45, 2.75) is 18.9 Å². The van der Waals surface area contributed by atoms with E-state index in [1.165, 1.54) is 28.0 Å². The fraction of sp³-hybridized carbons (Fsp3) is 0.158. The molecule has 23 heavy (non-hydrogen) atoms. The van der Waals surface area contributed by atoms with Gasteiger partial charge >= 0.3 is 0 Å². The molecule has 3 aromatic rings. The number of nitrogens with zero attached hydrogens (tertiary/aromatic N) is 3. The maximum Gasteiger partial charge on any atom is 0.226 e. The van der Waals surface area contributed by atoms with E-state index in [1.807, 2.05) is 4.68 Å². The van der Waals surface area contributed by atoms with Crippen molar-refractivity contribution in [1.29, 1.82) is 0 Å². The Morgan fingerprint density at radius 3 is 2.70 bits per heavy atom. The fourth-order valence-corrected chi connectivity index (χ4v) is 3.74. The maximum atomic E-state index is 4.47. The number of nitrogens with one attached hydrogen (secondary N) is 1. The van der Waals surface area contributed by atoms with Crippen molar-refractivity contribution in [3.05, 3.63) is 83.2 Å². The highest BCUT2D eigenvalue weighted by molar-refractivity contribution is 5.82. The summed E-state index contributed by atoms with van der Waals surface area (Å²) in [5, 5.41) is 7.97. The van der Waals surface area contributed by atoms with Crippen LogP contribution in [0.25, 0.3) is 5.70 Å². The standard InChI is InChI=1S/C19H16N4/c1-2-7-14(8-3-1)18-16-11-10-13-6-4-5-9-15(13)17(16)22-19-20-12-21-23(18)19/h1-9,12,18H,10-11H2,(H,20,21,22)/t18-/m0/s1. The molecule has 0 saturated heterocycles. The lowest BCUT2D eigenvalue weighted by atomic mass is 9.83. The van der Waals surface area contributed by atoms with E-state index in [1.54, 1.807) is 6.33 Å². The summed E-state index contributed by atoms with van der Waals surface area (Å²) in [6.07, 6.45) is 3.74. The molecule has 2 aromatic carbocycles. The SMILES string of the molecule is c1ccc([C@H]2C3=C(Nc4ncnn42)c2ccccc2CC3)cc1. The molecule has 1 aromatic heterocycles. The van der Waals surface area contributed by atoms with E-state index in [2.05, 4.69) is 70.0 Å². The number of allylic oxidation sites excluding steroid dienone is 1. The van der Waals surface area contributed by atoms with Crippen molar-refractivity contribution < 1.29 is 0 Å². The first-order chi connectivity index (χ1) is 11.4. The van der Waals surface area contributed by atoms with E-state index in [4.69, 9.17) is 0 Å². The highest BCUT2D eigenvalue weighted by Gasteiger charge is 2.33. The van der Waals surface area contributed by atoms with Crippen LogP contribution in [0.5, 0.6) is 0 Å². The van der Waals surface area contributed by atoms with E-state index >= 15 is 0 Å². The first-order valence-electron chi connectivity index (χ1n) is 7.94. The van der Waals surface area contributed by atoms with E-state index in [9.17, 15) is 0 Å². The van der Waals surface area contributed by atoms with Gasteiger partial charge in [-0.3, -0.25) is 0 Å². The van der Waals surface area contributed by atoms with Crippen LogP contribution in [0.3, 0.4) is 0 Å². The summed E-state index contributed by atoms with van der Waals surface area (Å²) in [4.78, 5) is 4.40. The van der Waals surface area contributed by atoms with Gasteiger partial charge in [0.05, 0.1) is 5.70 Å². The first kappa shape index (κ1) is 12.6. The van der Waals surface area contributed by atoms with Gasteiger partial charge in [0.2, 0.25) is 5.95 Å². The number of aromatic nitrogens is 3. The molecule has 0 radical (unpaired) electrons. The normalized spacial score (nSPS) is 18.7. The van der Waals surface area contributed by atoms with Crippen LogP contribution in [0.1, 0.15) is 29.2 Å². The van der Waals surface area contributed by atoms with Crippen LogP contribution >= 0.6 is 0 Å². The van der Waals surface area contributed by atoms with Crippen LogP contribution < -0.4 is 5.32 Å². The number of hydrogen-bond donors (Lipinski definition) is 1. The molecule has 0 amide bonds. The third kappa shape index (κ3) is 1.84. The van der Waals surface area contributed by atoms with Gasteiger partial charge in [-0.05, 0) is 29.5 Å². The number of benzene rings is 2. The zero-order valence-corrected chi connectivity index (χ0v) is 12.6. The Balaban J connectivity index is 1.75.